The SMILES string of the molecule is C[C@@H]1CN(C)Cc2c(Cl)cc(Cl)cc21. The predicted octanol–water partition coefficient (Wildman–Crippen LogP) is 3.54. The molecule has 14 heavy (non-hydrogen) atoms. The van der Waals surface area contributed by atoms with Gasteiger partial charge in [-0.25, -0.2) is 0 Å². The summed E-state index contributed by atoms with van der Waals surface area (Å²) in [4.78, 5) is 2.28. The van der Waals surface area contributed by atoms with Gasteiger partial charge in [-0.05, 0) is 36.2 Å². The standard InChI is InChI=1S/C11H13Cl2N/c1-7-5-14(2)6-10-9(7)3-8(12)4-11(10)13/h3-4,7H,5-6H2,1-2H3/t7-/m1/s1. The van der Waals surface area contributed by atoms with E-state index in [1.807, 2.05) is 12.1 Å². The Kier molecular flexibility index (Phi) is 2.74. The average molecular weight is 230 g/mol. The van der Waals surface area contributed by atoms with E-state index >= 15 is 0 Å². The highest BCUT2D eigenvalue weighted by atomic mass is 35.5. The van der Waals surface area contributed by atoms with Crippen LogP contribution in [0, 0.1) is 0 Å². The summed E-state index contributed by atoms with van der Waals surface area (Å²) in [5, 5.41) is 1.54. The van der Waals surface area contributed by atoms with E-state index in [9.17, 15) is 0 Å². The van der Waals surface area contributed by atoms with Crippen LogP contribution in [0.1, 0.15) is 24.0 Å². The Labute approximate surface area is 94.6 Å². The molecule has 2 rings (SSSR count). The average Bonchev–Trinajstić information content (AvgIpc) is 2.07. The van der Waals surface area contributed by atoms with Crippen molar-refractivity contribution in [2.75, 3.05) is 13.6 Å². The second-order valence-electron chi connectivity index (χ2n) is 4.05. The van der Waals surface area contributed by atoms with Crippen molar-refractivity contribution in [1.82, 2.24) is 4.90 Å². The quantitative estimate of drug-likeness (QED) is 0.658. The minimum absolute atomic E-state index is 0.514. The Morgan fingerprint density at radius 2 is 2.07 bits per heavy atom. The van der Waals surface area contributed by atoms with Crippen LogP contribution in [0.2, 0.25) is 10.0 Å². The number of fused-ring (bicyclic) bond motifs is 1. The molecule has 1 aliphatic heterocycles. The molecular formula is C11H13Cl2N. The summed E-state index contributed by atoms with van der Waals surface area (Å²) in [5.74, 6) is 0.514. The van der Waals surface area contributed by atoms with Crippen molar-refractivity contribution in [3.63, 3.8) is 0 Å². The van der Waals surface area contributed by atoms with Gasteiger partial charge in [0.2, 0.25) is 0 Å². The van der Waals surface area contributed by atoms with Gasteiger partial charge >= 0.3 is 0 Å². The Morgan fingerprint density at radius 3 is 2.79 bits per heavy atom. The molecule has 1 nitrogen and oxygen atoms in total. The van der Waals surface area contributed by atoms with E-state index < -0.39 is 0 Å². The molecule has 0 aliphatic carbocycles. The van der Waals surface area contributed by atoms with E-state index in [0.29, 0.717) is 5.92 Å². The zero-order chi connectivity index (χ0) is 10.3. The van der Waals surface area contributed by atoms with Gasteiger partial charge in [0.05, 0.1) is 0 Å². The normalized spacial score (nSPS) is 22.1. The first kappa shape index (κ1) is 10.3. The zero-order valence-electron chi connectivity index (χ0n) is 8.35. The van der Waals surface area contributed by atoms with Crippen molar-refractivity contribution >= 4 is 23.2 Å². The highest BCUT2D eigenvalue weighted by molar-refractivity contribution is 6.35. The summed E-state index contributed by atoms with van der Waals surface area (Å²) in [7, 11) is 2.12. The molecule has 0 bridgehead atoms. The number of nitrogens with zero attached hydrogens (tertiary/aromatic N) is 1. The Bertz CT molecular complexity index is 363. The van der Waals surface area contributed by atoms with E-state index in [0.717, 1.165) is 23.1 Å². The van der Waals surface area contributed by atoms with Crippen LogP contribution in [0.4, 0.5) is 0 Å². The molecule has 0 saturated carbocycles. The first-order valence-electron chi connectivity index (χ1n) is 4.74. The summed E-state index contributed by atoms with van der Waals surface area (Å²) in [6, 6.07) is 3.87. The van der Waals surface area contributed by atoms with Crippen molar-refractivity contribution in [2.45, 2.75) is 19.4 Å². The maximum absolute atomic E-state index is 6.17. The number of benzene rings is 1. The minimum atomic E-state index is 0.514. The largest absolute Gasteiger partial charge is 0.301 e. The summed E-state index contributed by atoms with van der Waals surface area (Å²) in [6.45, 7) is 4.21. The molecule has 0 saturated heterocycles. The topological polar surface area (TPSA) is 3.24 Å². The molecule has 3 heteroatoms. The van der Waals surface area contributed by atoms with Crippen LogP contribution in [-0.2, 0) is 6.54 Å². The third-order valence-electron chi connectivity index (χ3n) is 2.74. The van der Waals surface area contributed by atoms with Gasteiger partial charge in [-0.15, -0.1) is 0 Å². The van der Waals surface area contributed by atoms with Crippen molar-refractivity contribution in [2.24, 2.45) is 0 Å². The number of hydrogen-bond donors (Lipinski definition) is 0. The van der Waals surface area contributed by atoms with Gasteiger partial charge in [0.25, 0.3) is 0 Å². The van der Waals surface area contributed by atoms with Gasteiger partial charge < -0.3 is 4.90 Å². The molecule has 0 aromatic heterocycles. The predicted molar refractivity (Wildman–Crippen MR) is 61.2 cm³/mol. The van der Waals surface area contributed by atoms with E-state index in [1.165, 1.54) is 11.1 Å². The summed E-state index contributed by atoms with van der Waals surface area (Å²) in [5.41, 5.74) is 2.54. The van der Waals surface area contributed by atoms with Crippen LogP contribution in [0.15, 0.2) is 12.1 Å². The lowest BCUT2D eigenvalue weighted by molar-refractivity contribution is 0.288. The molecule has 0 amide bonds. The minimum Gasteiger partial charge on any atom is -0.301 e. The van der Waals surface area contributed by atoms with Gasteiger partial charge in [-0.1, -0.05) is 30.1 Å². The molecule has 76 valence electrons. The van der Waals surface area contributed by atoms with Crippen LogP contribution in [0.3, 0.4) is 0 Å². The fourth-order valence-corrected chi connectivity index (χ4v) is 2.70. The zero-order valence-corrected chi connectivity index (χ0v) is 9.86. The molecule has 0 fully saturated rings. The maximum atomic E-state index is 6.17. The van der Waals surface area contributed by atoms with Gasteiger partial charge in [0.1, 0.15) is 0 Å². The summed E-state index contributed by atoms with van der Waals surface area (Å²) < 4.78 is 0. The lowest BCUT2D eigenvalue weighted by atomic mass is 9.91. The second-order valence-corrected chi connectivity index (χ2v) is 4.90. The van der Waals surface area contributed by atoms with Gasteiger partial charge in [0.15, 0.2) is 0 Å². The highest BCUT2D eigenvalue weighted by Gasteiger charge is 2.22. The summed E-state index contributed by atoms with van der Waals surface area (Å²) >= 11 is 12.2. The third kappa shape index (κ3) is 1.77. The molecule has 1 aromatic carbocycles. The molecule has 1 atom stereocenters. The monoisotopic (exact) mass is 229 g/mol. The fourth-order valence-electron chi connectivity index (χ4n) is 2.13. The van der Waals surface area contributed by atoms with Gasteiger partial charge in [-0.3, -0.25) is 0 Å². The molecule has 1 aromatic rings. The van der Waals surface area contributed by atoms with Crippen molar-refractivity contribution in [1.29, 1.82) is 0 Å². The Balaban J connectivity index is 2.53. The lowest BCUT2D eigenvalue weighted by Gasteiger charge is -2.30. The maximum Gasteiger partial charge on any atom is 0.0468 e. The molecule has 0 radical (unpaired) electrons. The Morgan fingerprint density at radius 1 is 1.36 bits per heavy atom. The van der Waals surface area contributed by atoms with E-state index in [-0.39, 0.29) is 0 Å². The van der Waals surface area contributed by atoms with Crippen molar-refractivity contribution in [3.8, 4) is 0 Å². The van der Waals surface area contributed by atoms with Crippen LogP contribution in [-0.4, -0.2) is 18.5 Å². The van der Waals surface area contributed by atoms with Crippen LogP contribution < -0.4 is 0 Å². The number of rotatable bonds is 0. The lowest BCUT2D eigenvalue weighted by Crippen LogP contribution is -2.29. The number of hydrogen-bond acceptors (Lipinski definition) is 1. The summed E-state index contributed by atoms with van der Waals surface area (Å²) in [6.07, 6.45) is 0. The molecule has 0 unspecified atom stereocenters. The van der Waals surface area contributed by atoms with Crippen molar-refractivity contribution in [3.05, 3.63) is 33.3 Å². The van der Waals surface area contributed by atoms with Crippen LogP contribution in [0.5, 0.6) is 0 Å². The smallest absolute Gasteiger partial charge is 0.0468 e. The highest BCUT2D eigenvalue weighted by Crippen LogP contribution is 2.34. The van der Waals surface area contributed by atoms with Crippen molar-refractivity contribution < 1.29 is 0 Å². The number of likely N-dealkylation sites (N-methyl/N-ethyl adjacent to an activating group) is 1. The molecule has 0 N–H and O–H groups in total. The van der Waals surface area contributed by atoms with Gasteiger partial charge in [0, 0.05) is 23.1 Å². The molecule has 1 heterocycles. The Hall–Kier alpha value is -0.240. The first-order chi connectivity index (χ1) is 6.58. The van der Waals surface area contributed by atoms with E-state index in [1.54, 1.807) is 0 Å². The van der Waals surface area contributed by atoms with Crippen LogP contribution >= 0.6 is 23.2 Å². The van der Waals surface area contributed by atoms with Crippen LogP contribution in [0.25, 0.3) is 0 Å². The molecule has 0 spiro atoms. The fraction of sp³-hybridized carbons (Fsp3) is 0.455. The third-order valence-corrected chi connectivity index (χ3v) is 3.29. The number of halogens is 2. The second kappa shape index (κ2) is 3.73. The molecular weight excluding hydrogens is 217 g/mol. The van der Waals surface area contributed by atoms with Gasteiger partial charge in [-0.2, -0.15) is 0 Å². The van der Waals surface area contributed by atoms with E-state index in [4.69, 9.17) is 23.2 Å². The first-order valence-corrected chi connectivity index (χ1v) is 5.50. The molecule has 1 aliphatic rings. The van der Waals surface area contributed by atoms with E-state index in [2.05, 4.69) is 18.9 Å².